The SMILES string of the molecule is CCN(C(=O)CCCl)c1cn(-c2cccnc2)nc1Cl. The van der Waals surface area contributed by atoms with E-state index in [9.17, 15) is 4.79 Å². The molecular weight excluding hydrogens is 299 g/mol. The van der Waals surface area contributed by atoms with E-state index in [2.05, 4.69) is 10.1 Å². The van der Waals surface area contributed by atoms with Crippen molar-refractivity contribution in [3.05, 3.63) is 35.9 Å². The van der Waals surface area contributed by atoms with Crippen LogP contribution in [-0.4, -0.2) is 33.1 Å². The molecule has 0 spiro atoms. The third-order valence-corrected chi connectivity index (χ3v) is 3.24. The van der Waals surface area contributed by atoms with Gasteiger partial charge in [-0.3, -0.25) is 9.78 Å². The second-order valence-electron chi connectivity index (χ2n) is 4.04. The molecule has 0 aliphatic carbocycles. The number of pyridine rings is 1. The van der Waals surface area contributed by atoms with Crippen LogP contribution >= 0.6 is 23.2 Å². The Morgan fingerprint density at radius 1 is 1.50 bits per heavy atom. The van der Waals surface area contributed by atoms with Gasteiger partial charge in [0.2, 0.25) is 5.91 Å². The zero-order valence-electron chi connectivity index (χ0n) is 11.0. The van der Waals surface area contributed by atoms with Crippen molar-refractivity contribution in [3.8, 4) is 5.69 Å². The van der Waals surface area contributed by atoms with Gasteiger partial charge in [0.05, 0.1) is 18.1 Å². The molecule has 5 nitrogen and oxygen atoms in total. The number of aromatic nitrogens is 3. The Kier molecular flexibility index (Phi) is 4.98. The molecule has 0 unspecified atom stereocenters. The smallest absolute Gasteiger partial charge is 0.228 e. The number of halogens is 2. The van der Waals surface area contributed by atoms with Crippen molar-refractivity contribution in [3.63, 3.8) is 0 Å². The first-order chi connectivity index (χ1) is 9.67. The molecule has 20 heavy (non-hydrogen) atoms. The first-order valence-corrected chi connectivity index (χ1v) is 7.10. The molecule has 0 saturated carbocycles. The molecule has 0 N–H and O–H groups in total. The Labute approximate surface area is 127 Å². The molecule has 0 aliphatic heterocycles. The van der Waals surface area contributed by atoms with Crippen LogP contribution in [0.15, 0.2) is 30.7 Å². The number of nitrogens with zero attached hydrogens (tertiary/aromatic N) is 4. The number of hydrogen-bond donors (Lipinski definition) is 0. The summed E-state index contributed by atoms with van der Waals surface area (Å²) in [5.74, 6) is 0.207. The quantitative estimate of drug-likeness (QED) is 0.798. The van der Waals surface area contributed by atoms with Crippen LogP contribution in [0.2, 0.25) is 5.15 Å². The zero-order chi connectivity index (χ0) is 14.5. The van der Waals surface area contributed by atoms with E-state index >= 15 is 0 Å². The van der Waals surface area contributed by atoms with E-state index in [4.69, 9.17) is 23.2 Å². The van der Waals surface area contributed by atoms with Crippen molar-refractivity contribution in [1.82, 2.24) is 14.8 Å². The largest absolute Gasteiger partial charge is 0.308 e. The Bertz CT molecular complexity index is 585. The molecular formula is C13H14Cl2N4O. The summed E-state index contributed by atoms with van der Waals surface area (Å²) >= 11 is 11.7. The highest BCUT2D eigenvalue weighted by molar-refractivity contribution is 6.32. The van der Waals surface area contributed by atoms with Crippen LogP contribution in [-0.2, 0) is 4.79 Å². The number of alkyl halides is 1. The average Bonchev–Trinajstić information content (AvgIpc) is 2.83. The number of anilines is 1. The lowest BCUT2D eigenvalue weighted by atomic mass is 10.3. The minimum Gasteiger partial charge on any atom is -0.308 e. The first kappa shape index (κ1) is 14.8. The summed E-state index contributed by atoms with van der Waals surface area (Å²) in [6.07, 6.45) is 5.33. The first-order valence-electron chi connectivity index (χ1n) is 6.19. The lowest BCUT2D eigenvalue weighted by Crippen LogP contribution is -2.30. The maximum atomic E-state index is 12.0. The third-order valence-electron chi connectivity index (χ3n) is 2.78. The van der Waals surface area contributed by atoms with Gasteiger partial charge in [-0.15, -0.1) is 11.6 Å². The summed E-state index contributed by atoms with van der Waals surface area (Å²) in [5, 5.41) is 4.48. The minimum atomic E-state index is -0.0739. The van der Waals surface area contributed by atoms with Gasteiger partial charge in [0.1, 0.15) is 5.69 Å². The molecule has 0 saturated heterocycles. The number of rotatable bonds is 5. The topological polar surface area (TPSA) is 51.0 Å². The normalized spacial score (nSPS) is 10.6. The molecule has 7 heteroatoms. The van der Waals surface area contributed by atoms with Crippen LogP contribution in [0, 0.1) is 0 Å². The number of carbonyl (C=O) groups is 1. The zero-order valence-corrected chi connectivity index (χ0v) is 12.5. The van der Waals surface area contributed by atoms with Crippen molar-refractivity contribution >= 4 is 34.8 Å². The van der Waals surface area contributed by atoms with E-state index in [1.165, 1.54) is 0 Å². The third kappa shape index (κ3) is 3.11. The summed E-state index contributed by atoms with van der Waals surface area (Å²) in [6.45, 7) is 2.39. The summed E-state index contributed by atoms with van der Waals surface area (Å²) in [6, 6.07) is 3.66. The van der Waals surface area contributed by atoms with E-state index in [-0.39, 0.29) is 23.4 Å². The standard InChI is InChI=1S/C13H14Cl2N4O/c1-2-18(12(20)5-6-14)11-9-19(17-13(11)15)10-4-3-7-16-8-10/h3-4,7-9H,2,5-6H2,1H3. The fourth-order valence-electron chi connectivity index (χ4n) is 1.84. The van der Waals surface area contributed by atoms with Gasteiger partial charge in [-0.2, -0.15) is 5.10 Å². The highest BCUT2D eigenvalue weighted by Gasteiger charge is 2.19. The highest BCUT2D eigenvalue weighted by Crippen LogP contribution is 2.26. The van der Waals surface area contributed by atoms with Crippen LogP contribution in [0.4, 0.5) is 5.69 Å². The summed E-state index contributed by atoms with van der Waals surface area (Å²) in [5.41, 5.74) is 1.36. The van der Waals surface area contributed by atoms with E-state index in [0.29, 0.717) is 12.2 Å². The van der Waals surface area contributed by atoms with Gasteiger partial charge < -0.3 is 4.90 Å². The molecule has 106 valence electrons. The molecule has 0 fully saturated rings. The summed E-state index contributed by atoms with van der Waals surface area (Å²) in [7, 11) is 0. The van der Waals surface area contributed by atoms with Gasteiger partial charge in [-0.05, 0) is 19.1 Å². The fraction of sp³-hybridized carbons (Fsp3) is 0.308. The van der Waals surface area contributed by atoms with Crippen LogP contribution in [0.3, 0.4) is 0 Å². The number of hydrogen-bond acceptors (Lipinski definition) is 3. The van der Waals surface area contributed by atoms with E-state index in [0.717, 1.165) is 5.69 Å². The van der Waals surface area contributed by atoms with E-state index in [1.54, 1.807) is 34.2 Å². The molecule has 0 aromatic carbocycles. The maximum absolute atomic E-state index is 12.0. The average molecular weight is 313 g/mol. The van der Waals surface area contributed by atoms with Crippen LogP contribution in [0.5, 0.6) is 0 Å². The second-order valence-corrected chi connectivity index (χ2v) is 4.77. The summed E-state index contributed by atoms with van der Waals surface area (Å²) < 4.78 is 1.60. The van der Waals surface area contributed by atoms with E-state index < -0.39 is 0 Å². The Balaban J connectivity index is 2.33. The van der Waals surface area contributed by atoms with Crippen LogP contribution in [0.25, 0.3) is 5.69 Å². The number of amides is 1. The fourth-order valence-corrected chi connectivity index (χ4v) is 2.24. The predicted octanol–water partition coefficient (Wildman–Crippen LogP) is 2.90. The Hall–Kier alpha value is -1.59. The molecule has 0 radical (unpaired) electrons. The van der Waals surface area contributed by atoms with Crippen molar-refractivity contribution in [1.29, 1.82) is 0 Å². The van der Waals surface area contributed by atoms with E-state index in [1.807, 2.05) is 13.0 Å². The molecule has 2 heterocycles. The molecule has 2 rings (SSSR count). The molecule has 2 aromatic rings. The lowest BCUT2D eigenvalue weighted by molar-refractivity contribution is -0.118. The predicted molar refractivity (Wildman–Crippen MR) is 79.7 cm³/mol. The second kappa shape index (κ2) is 6.72. The highest BCUT2D eigenvalue weighted by atomic mass is 35.5. The van der Waals surface area contributed by atoms with Gasteiger partial charge in [-0.1, -0.05) is 11.6 Å². The van der Waals surface area contributed by atoms with Crippen LogP contribution in [0.1, 0.15) is 13.3 Å². The molecule has 1 amide bonds. The van der Waals surface area contributed by atoms with Crippen molar-refractivity contribution < 1.29 is 4.79 Å². The minimum absolute atomic E-state index is 0.0739. The monoisotopic (exact) mass is 312 g/mol. The Morgan fingerprint density at radius 2 is 2.30 bits per heavy atom. The van der Waals surface area contributed by atoms with Gasteiger partial charge in [0.25, 0.3) is 0 Å². The molecule has 0 atom stereocenters. The Morgan fingerprint density at radius 3 is 2.90 bits per heavy atom. The maximum Gasteiger partial charge on any atom is 0.228 e. The molecule has 2 aromatic heterocycles. The van der Waals surface area contributed by atoms with Gasteiger partial charge in [0, 0.05) is 25.0 Å². The van der Waals surface area contributed by atoms with Gasteiger partial charge in [-0.25, -0.2) is 4.68 Å². The van der Waals surface area contributed by atoms with Gasteiger partial charge >= 0.3 is 0 Å². The number of carbonyl (C=O) groups excluding carboxylic acids is 1. The van der Waals surface area contributed by atoms with Crippen molar-refractivity contribution in [2.45, 2.75) is 13.3 Å². The van der Waals surface area contributed by atoms with Gasteiger partial charge in [0.15, 0.2) is 5.15 Å². The van der Waals surface area contributed by atoms with Crippen molar-refractivity contribution in [2.75, 3.05) is 17.3 Å². The molecule has 0 aliphatic rings. The lowest BCUT2D eigenvalue weighted by Gasteiger charge is -2.18. The van der Waals surface area contributed by atoms with Crippen molar-refractivity contribution in [2.24, 2.45) is 0 Å². The van der Waals surface area contributed by atoms with Crippen LogP contribution < -0.4 is 4.90 Å². The molecule has 0 bridgehead atoms. The summed E-state index contributed by atoms with van der Waals surface area (Å²) in [4.78, 5) is 17.6.